The Hall–Kier alpha value is -3.17. The Morgan fingerprint density at radius 2 is 1.79 bits per heavy atom. The lowest BCUT2D eigenvalue weighted by atomic mass is 10.1. The Morgan fingerprint density at radius 1 is 1.00 bits per heavy atom. The van der Waals surface area contributed by atoms with E-state index >= 15 is 0 Å². The normalized spacial score (nSPS) is 15.5. The fraction of sp³-hybridized carbons (Fsp3) is 0.345. The van der Waals surface area contributed by atoms with E-state index in [0.29, 0.717) is 43.6 Å². The number of piperazine rings is 1. The first-order chi connectivity index (χ1) is 18.5. The SMILES string of the molecule is COc1ccccc1COCCCOc1ccc(N2C(=O)CNC[C@@H]2COCc2ccc(F)cc2Cl)cc1. The van der Waals surface area contributed by atoms with E-state index in [1.54, 1.807) is 18.1 Å². The van der Waals surface area contributed by atoms with Gasteiger partial charge in [0.1, 0.15) is 17.3 Å². The lowest BCUT2D eigenvalue weighted by molar-refractivity contribution is -0.119. The van der Waals surface area contributed by atoms with Gasteiger partial charge in [-0.15, -0.1) is 0 Å². The van der Waals surface area contributed by atoms with E-state index in [4.69, 9.17) is 30.5 Å². The van der Waals surface area contributed by atoms with E-state index in [2.05, 4.69) is 5.32 Å². The minimum atomic E-state index is -0.392. The number of methoxy groups -OCH3 is 1. The topological polar surface area (TPSA) is 69.3 Å². The molecule has 1 heterocycles. The lowest BCUT2D eigenvalue weighted by Crippen LogP contribution is -2.57. The molecule has 38 heavy (non-hydrogen) atoms. The minimum Gasteiger partial charge on any atom is -0.496 e. The van der Waals surface area contributed by atoms with Crippen LogP contribution in [0.5, 0.6) is 11.5 Å². The number of nitrogens with one attached hydrogen (secondary N) is 1. The predicted molar refractivity (Wildman–Crippen MR) is 144 cm³/mol. The van der Waals surface area contributed by atoms with Crippen molar-refractivity contribution in [2.75, 3.05) is 44.9 Å². The van der Waals surface area contributed by atoms with E-state index < -0.39 is 5.82 Å². The molecule has 1 N–H and O–H groups in total. The van der Waals surface area contributed by atoms with Gasteiger partial charge in [-0.05, 0) is 48.0 Å². The molecule has 0 spiro atoms. The number of carbonyl (C=O) groups excluding carboxylic acids is 1. The average Bonchev–Trinajstić information content (AvgIpc) is 2.92. The van der Waals surface area contributed by atoms with Crippen LogP contribution in [0.4, 0.5) is 10.1 Å². The highest BCUT2D eigenvalue weighted by atomic mass is 35.5. The van der Waals surface area contributed by atoms with Crippen LogP contribution in [0.3, 0.4) is 0 Å². The van der Waals surface area contributed by atoms with Gasteiger partial charge in [0.2, 0.25) is 5.91 Å². The zero-order valence-electron chi connectivity index (χ0n) is 21.3. The molecule has 0 bridgehead atoms. The molecule has 0 aliphatic carbocycles. The fourth-order valence-electron chi connectivity index (χ4n) is 4.22. The Bertz CT molecular complexity index is 1190. The number of amides is 1. The number of rotatable bonds is 13. The first-order valence-corrected chi connectivity index (χ1v) is 12.9. The number of para-hydroxylation sites is 1. The molecule has 3 aromatic rings. The molecule has 1 aliphatic rings. The van der Waals surface area contributed by atoms with E-state index in [1.807, 2.05) is 48.5 Å². The molecule has 4 rings (SSSR count). The quantitative estimate of drug-likeness (QED) is 0.307. The second-order valence-electron chi connectivity index (χ2n) is 8.86. The van der Waals surface area contributed by atoms with Gasteiger partial charge in [0.15, 0.2) is 0 Å². The number of ether oxygens (including phenoxy) is 4. The Morgan fingerprint density at radius 3 is 2.58 bits per heavy atom. The first-order valence-electron chi connectivity index (χ1n) is 12.5. The van der Waals surface area contributed by atoms with Gasteiger partial charge >= 0.3 is 0 Å². The van der Waals surface area contributed by atoms with Crippen molar-refractivity contribution < 1.29 is 28.1 Å². The highest BCUT2D eigenvalue weighted by Crippen LogP contribution is 2.24. The van der Waals surface area contributed by atoms with Crippen LogP contribution in [0.1, 0.15) is 17.5 Å². The monoisotopic (exact) mass is 542 g/mol. The van der Waals surface area contributed by atoms with Gasteiger partial charge in [-0.25, -0.2) is 4.39 Å². The molecule has 1 saturated heterocycles. The predicted octanol–water partition coefficient (Wildman–Crippen LogP) is 5.00. The van der Waals surface area contributed by atoms with Crippen LogP contribution in [-0.4, -0.2) is 52.0 Å². The smallest absolute Gasteiger partial charge is 0.241 e. The van der Waals surface area contributed by atoms with Crippen LogP contribution in [0.25, 0.3) is 0 Å². The van der Waals surface area contributed by atoms with Crippen molar-refractivity contribution >= 4 is 23.2 Å². The van der Waals surface area contributed by atoms with Crippen molar-refractivity contribution in [1.29, 1.82) is 0 Å². The Kier molecular flexibility index (Phi) is 10.3. The number of hydrogen-bond acceptors (Lipinski definition) is 6. The highest BCUT2D eigenvalue weighted by molar-refractivity contribution is 6.31. The van der Waals surface area contributed by atoms with Crippen LogP contribution in [0, 0.1) is 5.82 Å². The molecule has 1 amide bonds. The first kappa shape index (κ1) is 27.9. The van der Waals surface area contributed by atoms with Crippen molar-refractivity contribution in [2.24, 2.45) is 0 Å². The maximum atomic E-state index is 13.3. The fourth-order valence-corrected chi connectivity index (χ4v) is 4.44. The van der Waals surface area contributed by atoms with Crippen LogP contribution in [-0.2, 0) is 27.5 Å². The minimum absolute atomic E-state index is 0.0365. The summed E-state index contributed by atoms with van der Waals surface area (Å²) < 4.78 is 36.1. The Balaban J connectivity index is 1.23. The molecule has 0 radical (unpaired) electrons. The van der Waals surface area contributed by atoms with Gasteiger partial charge in [-0.2, -0.15) is 0 Å². The highest BCUT2D eigenvalue weighted by Gasteiger charge is 2.29. The molecule has 7 nitrogen and oxygen atoms in total. The molecule has 0 saturated carbocycles. The number of hydrogen-bond donors (Lipinski definition) is 1. The van der Waals surface area contributed by atoms with Crippen molar-refractivity contribution in [3.05, 3.63) is 88.7 Å². The molecule has 202 valence electrons. The maximum Gasteiger partial charge on any atom is 0.241 e. The summed E-state index contributed by atoms with van der Waals surface area (Å²) in [6.45, 7) is 2.95. The van der Waals surface area contributed by atoms with Crippen molar-refractivity contribution in [3.8, 4) is 11.5 Å². The number of benzene rings is 3. The van der Waals surface area contributed by atoms with Crippen LogP contribution in [0.15, 0.2) is 66.7 Å². The molecule has 1 atom stereocenters. The number of nitrogens with zero attached hydrogens (tertiary/aromatic N) is 1. The van der Waals surface area contributed by atoms with E-state index in [9.17, 15) is 9.18 Å². The number of anilines is 1. The molecule has 3 aromatic carbocycles. The molecule has 0 unspecified atom stereocenters. The third-order valence-electron chi connectivity index (χ3n) is 6.14. The second-order valence-corrected chi connectivity index (χ2v) is 9.27. The Labute approximate surface area is 227 Å². The van der Waals surface area contributed by atoms with Crippen LogP contribution in [0.2, 0.25) is 5.02 Å². The van der Waals surface area contributed by atoms with Crippen molar-refractivity contribution in [1.82, 2.24) is 5.32 Å². The maximum absolute atomic E-state index is 13.3. The molecular weight excluding hydrogens is 511 g/mol. The van der Waals surface area contributed by atoms with Crippen LogP contribution >= 0.6 is 11.6 Å². The third kappa shape index (κ3) is 7.68. The molecule has 0 aromatic heterocycles. The summed E-state index contributed by atoms with van der Waals surface area (Å²) in [5, 5.41) is 3.45. The summed E-state index contributed by atoms with van der Waals surface area (Å²) in [4.78, 5) is 14.5. The van der Waals surface area contributed by atoms with Gasteiger partial charge in [0, 0.05) is 29.2 Å². The van der Waals surface area contributed by atoms with E-state index in [-0.39, 0.29) is 25.1 Å². The molecule has 9 heteroatoms. The summed E-state index contributed by atoms with van der Waals surface area (Å²) in [5.74, 6) is 1.11. The molecule has 1 fully saturated rings. The van der Waals surface area contributed by atoms with Gasteiger partial charge < -0.3 is 29.2 Å². The van der Waals surface area contributed by atoms with Gasteiger partial charge in [-0.1, -0.05) is 35.9 Å². The van der Waals surface area contributed by atoms with Crippen LogP contribution < -0.4 is 19.7 Å². The zero-order chi connectivity index (χ0) is 26.7. The second kappa shape index (κ2) is 14.1. The summed E-state index contributed by atoms with van der Waals surface area (Å²) in [7, 11) is 1.65. The summed E-state index contributed by atoms with van der Waals surface area (Å²) in [6, 6.07) is 19.3. The summed E-state index contributed by atoms with van der Waals surface area (Å²) in [5.41, 5.74) is 2.48. The van der Waals surface area contributed by atoms with Gasteiger partial charge in [0.25, 0.3) is 0 Å². The standard InChI is InChI=1S/C29H32ClFN2O5/c1-35-28-6-3-2-5-22(28)19-36-13-4-14-38-26-11-9-24(10-12-26)33-25(16-32-17-29(33)34)20-37-18-21-7-8-23(31)15-27(21)30/h2-3,5-12,15,25,32H,4,13-14,16-20H2,1H3/t25-/m1/s1. The zero-order valence-corrected chi connectivity index (χ0v) is 22.1. The van der Waals surface area contributed by atoms with E-state index in [0.717, 1.165) is 29.2 Å². The summed E-state index contributed by atoms with van der Waals surface area (Å²) in [6.07, 6.45) is 0.741. The van der Waals surface area contributed by atoms with Gasteiger partial charge in [-0.3, -0.25) is 4.79 Å². The summed E-state index contributed by atoms with van der Waals surface area (Å²) >= 11 is 6.09. The lowest BCUT2D eigenvalue weighted by Gasteiger charge is -2.36. The third-order valence-corrected chi connectivity index (χ3v) is 6.49. The average molecular weight is 543 g/mol. The molecule has 1 aliphatic heterocycles. The molecular formula is C29H32ClFN2O5. The van der Waals surface area contributed by atoms with Crippen molar-refractivity contribution in [2.45, 2.75) is 25.7 Å². The number of carbonyl (C=O) groups is 1. The largest absolute Gasteiger partial charge is 0.496 e. The number of halogens is 2. The van der Waals surface area contributed by atoms with Gasteiger partial charge in [0.05, 0.1) is 52.7 Å². The van der Waals surface area contributed by atoms with Crippen molar-refractivity contribution in [3.63, 3.8) is 0 Å². The van der Waals surface area contributed by atoms with E-state index in [1.165, 1.54) is 12.1 Å².